The van der Waals surface area contributed by atoms with Crippen molar-refractivity contribution in [3.63, 3.8) is 0 Å². The highest BCUT2D eigenvalue weighted by molar-refractivity contribution is 7.91. The second kappa shape index (κ2) is 6.06. The third kappa shape index (κ3) is 4.55. The lowest BCUT2D eigenvalue weighted by atomic mass is 10.2. The number of nitrogens with two attached hydrogens (primary N) is 1. The number of sulfone groups is 1. The molecule has 0 spiro atoms. The number of rotatable bonds is 3. The Balaban J connectivity index is 1.83. The molecular formula is C13H19N3O2S. The van der Waals surface area contributed by atoms with Crippen molar-refractivity contribution in [2.24, 2.45) is 10.7 Å². The second-order valence-corrected chi connectivity index (χ2v) is 7.06. The molecule has 1 aliphatic heterocycles. The van der Waals surface area contributed by atoms with Crippen LogP contribution in [0.1, 0.15) is 18.4 Å². The molecule has 1 aromatic rings. The van der Waals surface area contributed by atoms with Crippen LogP contribution in [0.2, 0.25) is 0 Å². The summed E-state index contributed by atoms with van der Waals surface area (Å²) in [6, 6.07) is 9.97. The largest absolute Gasteiger partial charge is 0.370 e. The van der Waals surface area contributed by atoms with Gasteiger partial charge in [0.2, 0.25) is 0 Å². The van der Waals surface area contributed by atoms with Gasteiger partial charge in [0, 0.05) is 6.04 Å². The first-order valence-corrected chi connectivity index (χ1v) is 8.18. The van der Waals surface area contributed by atoms with E-state index < -0.39 is 9.84 Å². The summed E-state index contributed by atoms with van der Waals surface area (Å²) < 4.78 is 22.6. The minimum atomic E-state index is -2.83. The molecule has 0 bridgehead atoms. The fourth-order valence-electron chi connectivity index (χ4n) is 2.05. The molecular weight excluding hydrogens is 262 g/mol. The van der Waals surface area contributed by atoms with Crippen molar-refractivity contribution < 1.29 is 8.42 Å². The first-order chi connectivity index (χ1) is 9.05. The molecule has 0 atom stereocenters. The first kappa shape index (κ1) is 13.9. The number of guanidine groups is 1. The van der Waals surface area contributed by atoms with E-state index in [-0.39, 0.29) is 17.5 Å². The normalized spacial score (nSPS) is 20.1. The van der Waals surface area contributed by atoms with Gasteiger partial charge in [-0.05, 0) is 18.4 Å². The van der Waals surface area contributed by atoms with E-state index in [0.29, 0.717) is 25.3 Å². The summed E-state index contributed by atoms with van der Waals surface area (Å²) in [5.74, 6) is 0.848. The third-order valence-electron chi connectivity index (χ3n) is 3.18. The van der Waals surface area contributed by atoms with Gasteiger partial charge in [-0.25, -0.2) is 13.4 Å². The fraction of sp³-hybridized carbons (Fsp3) is 0.462. The Hall–Kier alpha value is -1.56. The minimum absolute atomic E-state index is 0.114. The van der Waals surface area contributed by atoms with E-state index in [1.54, 1.807) is 0 Å². The Morgan fingerprint density at radius 1 is 1.26 bits per heavy atom. The smallest absolute Gasteiger partial charge is 0.189 e. The van der Waals surface area contributed by atoms with Crippen LogP contribution in [0.3, 0.4) is 0 Å². The van der Waals surface area contributed by atoms with Crippen molar-refractivity contribution in [3.8, 4) is 0 Å². The van der Waals surface area contributed by atoms with E-state index in [9.17, 15) is 8.42 Å². The molecule has 19 heavy (non-hydrogen) atoms. The van der Waals surface area contributed by atoms with Crippen molar-refractivity contribution in [2.75, 3.05) is 11.5 Å². The van der Waals surface area contributed by atoms with Gasteiger partial charge in [0.25, 0.3) is 0 Å². The van der Waals surface area contributed by atoms with E-state index in [4.69, 9.17) is 5.73 Å². The molecule has 1 saturated heterocycles. The van der Waals surface area contributed by atoms with Crippen molar-refractivity contribution in [3.05, 3.63) is 35.9 Å². The van der Waals surface area contributed by atoms with Crippen LogP contribution < -0.4 is 11.1 Å². The summed E-state index contributed by atoms with van der Waals surface area (Å²) in [6.07, 6.45) is 1.20. The molecule has 3 N–H and O–H groups in total. The molecule has 1 fully saturated rings. The predicted molar refractivity (Wildman–Crippen MR) is 76.6 cm³/mol. The molecule has 0 radical (unpaired) electrons. The Bertz CT molecular complexity index is 526. The lowest BCUT2D eigenvalue weighted by Gasteiger charge is -2.23. The van der Waals surface area contributed by atoms with Crippen LogP contribution >= 0.6 is 0 Å². The van der Waals surface area contributed by atoms with Crippen LogP contribution in [0.15, 0.2) is 35.3 Å². The zero-order valence-corrected chi connectivity index (χ0v) is 11.6. The number of benzene rings is 1. The van der Waals surface area contributed by atoms with Gasteiger partial charge in [0.15, 0.2) is 5.96 Å². The van der Waals surface area contributed by atoms with Crippen LogP contribution in [-0.2, 0) is 16.4 Å². The number of aliphatic imine (C=N–C) groups is 1. The van der Waals surface area contributed by atoms with Gasteiger partial charge in [0.05, 0.1) is 18.1 Å². The molecule has 0 aromatic heterocycles. The lowest BCUT2D eigenvalue weighted by molar-refractivity contribution is 0.519. The van der Waals surface area contributed by atoms with E-state index in [1.807, 2.05) is 30.3 Å². The minimum Gasteiger partial charge on any atom is -0.370 e. The maximum atomic E-state index is 11.3. The molecule has 1 aliphatic rings. The molecule has 6 heteroatoms. The van der Waals surface area contributed by atoms with E-state index in [2.05, 4.69) is 10.3 Å². The third-order valence-corrected chi connectivity index (χ3v) is 4.90. The number of nitrogens with zero attached hydrogens (tertiary/aromatic N) is 1. The summed E-state index contributed by atoms with van der Waals surface area (Å²) in [5, 5.41) is 3.09. The number of hydrogen-bond acceptors (Lipinski definition) is 3. The van der Waals surface area contributed by atoms with Crippen LogP contribution in [0.5, 0.6) is 0 Å². The second-order valence-electron chi connectivity index (χ2n) is 4.76. The molecule has 5 nitrogen and oxygen atoms in total. The monoisotopic (exact) mass is 281 g/mol. The highest BCUT2D eigenvalue weighted by atomic mass is 32.2. The van der Waals surface area contributed by atoms with Gasteiger partial charge in [-0.3, -0.25) is 0 Å². The maximum absolute atomic E-state index is 11.3. The van der Waals surface area contributed by atoms with Crippen molar-refractivity contribution in [1.82, 2.24) is 5.32 Å². The highest BCUT2D eigenvalue weighted by Crippen LogP contribution is 2.11. The summed E-state index contributed by atoms with van der Waals surface area (Å²) in [5.41, 5.74) is 6.91. The fourth-order valence-corrected chi connectivity index (χ4v) is 3.54. The number of hydrogen-bond donors (Lipinski definition) is 2. The number of nitrogens with one attached hydrogen (secondary N) is 1. The SMILES string of the molecule is NC(=NCc1ccccc1)NC1CCS(=O)(=O)CC1. The van der Waals surface area contributed by atoms with Crippen LogP contribution in [-0.4, -0.2) is 31.9 Å². The predicted octanol–water partition coefficient (Wildman–Crippen LogP) is 0.668. The molecule has 1 heterocycles. The summed E-state index contributed by atoms with van der Waals surface area (Å²) in [4.78, 5) is 4.26. The van der Waals surface area contributed by atoms with Crippen LogP contribution in [0.4, 0.5) is 0 Å². The zero-order valence-electron chi connectivity index (χ0n) is 10.7. The molecule has 2 rings (SSSR count). The quantitative estimate of drug-likeness (QED) is 0.630. The molecule has 1 aromatic carbocycles. The van der Waals surface area contributed by atoms with Crippen molar-refractivity contribution in [1.29, 1.82) is 0 Å². The van der Waals surface area contributed by atoms with Crippen molar-refractivity contribution >= 4 is 15.8 Å². The van der Waals surface area contributed by atoms with E-state index in [1.165, 1.54) is 0 Å². The first-order valence-electron chi connectivity index (χ1n) is 6.36. The molecule has 0 unspecified atom stereocenters. The Morgan fingerprint density at radius 2 is 1.89 bits per heavy atom. The summed E-state index contributed by atoms with van der Waals surface area (Å²) in [7, 11) is -2.83. The van der Waals surface area contributed by atoms with Crippen molar-refractivity contribution in [2.45, 2.75) is 25.4 Å². The topological polar surface area (TPSA) is 84.5 Å². The van der Waals surface area contributed by atoms with E-state index in [0.717, 1.165) is 5.56 Å². The average Bonchev–Trinajstić information content (AvgIpc) is 2.40. The Labute approximate surface area is 113 Å². The van der Waals surface area contributed by atoms with Gasteiger partial charge in [-0.1, -0.05) is 30.3 Å². The standard InChI is InChI=1S/C13H19N3O2S/c14-13(15-10-11-4-2-1-3-5-11)16-12-6-8-19(17,18)9-7-12/h1-5,12H,6-10H2,(H3,14,15,16). The van der Waals surface area contributed by atoms with Gasteiger partial charge < -0.3 is 11.1 Å². The molecule has 0 aliphatic carbocycles. The van der Waals surface area contributed by atoms with Gasteiger partial charge in [-0.2, -0.15) is 0 Å². The van der Waals surface area contributed by atoms with Crippen LogP contribution in [0, 0.1) is 0 Å². The van der Waals surface area contributed by atoms with Gasteiger partial charge >= 0.3 is 0 Å². The van der Waals surface area contributed by atoms with Gasteiger partial charge in [0.1, 0.15) is 9.84 Å². The summed E-state index contributed by atoms with van der Waals surface area (Å²) >= 11 is 0. The van der Waals surface area contributed by atoms with Crippen LogP contribution in [0.25, 0.3) is 0 Å². The molecule has 0 saturated carbocycles. The van der Waals surface area contributed by atoms with Gasteiger partial charge in [-0.15, -0.1) is 0 Å². The van der Waals surface area contributed by atoms with E-state index >= 15 is 0 Å². The molecule has 104 valence electrons. The molecule has 0 amide bonds. The Morgan fingerprint density at radius 3 is 2.53 bits per heavy atom. The summed E-state index contributed by atoms with van der Waals surface area (Å²) in [6.45, 7) is 0.532. The maximum Gasteiger partial charge on any atom is 0.189 e. The average molecular weight is 281 g/mol. The highest BCUT2D eigenvalue weighted by Gasteiger charge is 2.23. The Kier molecular flexibility index (Phi) is 4.42. The zero-order chi connectivity index (χ0) is 13.7. The lowest BCUT2D eigenvalue weighted by Crippen LogP contribution is -2.44.